The number of carbonyl (C=O) groups is 2. The van der Waals surface area contributed by atoms with E-state index >= 15 is 0 Å². The molecule has 168 valence electrons. The maximum atomic E-state index is 13.0. The first kappa shape index (κ1) is 24.3. The van der Waals surface area contributed by atoms with Gasteiger partial charge in [0.1, 0.15) is 11.8 Å². The van der Waals surface area contributed by atoms with Crippen LogP contribution in [0.1, 0.15) is 26.7 Å². The molecule has 0 unspecified atom stereocenters. The van der Waals surface area contributed by atoms with Crippen molar-refractivity contribution in [3.05, 3.63) is 23.2 Å². The topological polar surface area (TPSA) is 101 Å². The van der Waals surface area contributed by atoms with Crippen LogP contribution in [0.2, 0.25) is 5.02 Å². The van der Waals surface area contributed by atoms with Gasteiger partial charge >= 0.3 is 12.1 Å². The fraction of sp³-hybridized carbons (Fsp3) is 0.556. The van der Waals surface area contributed by atoms with E-state index in [4.69, 9.17) is 11.6 Å². The number of carboxylic acids is 1. The van der Waals surface area contributed by atoms with Crippen molar-refractivity contribution in [1.82, 2.24) is 4.90 Å². The Bertz CT molecular complexity index is 919. The predicted octanol–water partition coefficient (Wildman–Crippen LogP) is 3.16. The summed E-state index contributed by atoms with van der Waals surface area (Å²) in [4.78, 5) is 24.6. The fourth-order valence-corrected chi connectivity index (χ4v) is 5.38. The first-order valence-corrected chi connectivity index (χ1v) is 10.9. The van der Waals surface area contributed by atoms with Gasteiger partial charge in [-0.05, 0) is 24.5 Å². The zero-order valence-corrected chi connectivity index (χ0v) is 17.7. The van der Waals surface area contributed by atoms with Gasteiger partial charge in [0.2, 0.25) is 5.91 Å². The Balaban J connectivity index is 2.26. The molecule has 0 spiro atoms. The third-order valence-electron chi connectivity index (χ3n) is 4.50. The predicted molar refractivity (Wildman–Crippen MR) is 101 cm³/mol. The minimum Gasteiger partial charge on any atom is -0.484 e. The van der Waals surface area contributed by atoms with E-state index in [1.54, 1.807) is 13.8 Å². The minimum atomic E-state index is -4.57. The fourth-order valence-electron chi connectivity index (χ4n) is 3.15. The van der Waals surface area contributed by atoms with Crippen LogP contribution in [0, 0.1) is 5.92 Å². The third kappa shape index (κ3) is 5.78. The molecule has 1 heterocycles. The van der Waals surface area contributed by atoms with Crippen LogP contribution in [0.3, 0.4) is 0 Å². The Labute approximate surface area is 176 Å². The van der Waals surface area contributed by atoms with Crippen LogP contribution >= 0.6 is 11.6 Å². The summed E-state index contributed by atoms with van der Waals surface area (Å²) in [6.07, 6.45) is -4.81. The summed E-state index contributed by atoms with van der Waals surface area (Å²) in [6.45, 7) is 1.68. The normalized spacial score (nSPS) is 19.9. The van der Waals surface area contributed by atoms with Crippen molar-refractivity contribution in [1.29, 1.82) is 0 Å². The van der Waals surface area contributed by atoms with Crippen LogP contribution in [-0.4, -0.2) is 60.9 Å². The summed E-state index contributed by atoms with van der Waals surface area (Å²) >= 11 is 5.97. The van der Waals surface area contributed by atoms with Gasteiger partial charge in [-0.15, -0.1) is 0 Å². The van der Waals surface area contributed by atoms with E-state index in [0.717, 1.165) is 23.1 Å². The molecule has 1 aliphatic heterocycles. The number of halogens is 4. The van der Waals surface area contributed by atoms with Crippen LogP contribution in [0.5, 0.6) is 5.75 Å². The molecule has 1 aromatic rings. The summed E-state index contributed by atoms with van der Waals surface area (Å²) in [7, 11) is -4.16. The summed E-state index contributed by atoms with van der Waals surface area (Å²) in [5.41, 5.74) is 0. The Morgan fingerprint density at radius 2 is 1.97 bits per heavy atom. The number of amides is 1. The lowest BCUT2D eigenvalue weighted by atomic mass is 10.1. The summed E-state index contributed by atoms with van der Waals surface area (Å²) in [5, 5.41) is 7.85. The molecule has 0 aromatic heterocycles. The molecule has 2 atom stereocenters. The van der Waals surface area contributed by atoms with Crippen molar-refractivity contribution >= 4 is 33.3 Å². The quantitative estimate of drug-likeness (QED) is 0.655. The number of benzene rings is 1. The average Bonchev–Trinajstić information content (AvgIpc) is 3.05. The largest absolute Gasteiger partial charge is 0.484 e. The molecule has 1 amide bonds. The molecule has 0 bridgehead atoms. The molecule has 7 nitrogen and oxygen atoms in total. The van der Waals surface area contributed by atoms with Crippen molar-refractivity contribution < 1.29 is 41.0 Å². The Hall–Kier alpha value is -2.01. The number of alkyl halides is 3. The first-order chi connectivity index (χ1) is 13.7. The van der Waals surface area contributed by atoms with Gasteiger partial charge < -0.3 is 14.7 Å². The third-order valence-corrected chi connectivity index (χ3v) is 7.12. The van der Waals surface area contributed by atoms with Crippen LogP contribution in [-0.2, 0) is 19.4 Å². The van der Waals surface area contributed by atoms with Crippen LogP contribution in [0.15, 0.2) is 23.1 Å². The molecule has 0 saturated carbocycles. The molecular formula is C18H21ClF3NO6S. The Kier molecular flexibility index (Phi) is 7.28. The SMILES string of the molecule is CC(C)CC(=O)N1C[C@H](S(=O)(=O)c2ccc(OCC(F)(F)F)cc2Cl)C[C@H]1C(=O)O. The number of sulfone groups is 1. The van der Waals surface area contributed by atoms with E-state index in [1.807, 2.05) is 0 Å². The van der Waals surface area contributed by atoms with Crippen molar-refractivity contribution in [2.24, 2.45) is 5.92 Å². The molecule has 0 radical (unpaired) electrons. The zero-order valence-electron chi connectivity index (χ0n) is 16.1. The van der Waals surface area contributed by atoms with Gasteiger partial charge in [-0.3, -0.25) is 4.79 Å². The van der Waals surface area contributed by atoms with Gasteiger partial charge in [0.15, 0.2) is 16.4 Å². The van der Waals surface area contributed by atoms with Crippen LogP contribution in [0.4, 0.5) is 13.2 Å². The molecule has 1 fully saturated rings. The van der Waals surface area contributed by atoms with E-state index in [9.17, 15) is 36.3 Å². The van der Waals surface area contributed by atoms with E-state index < -0.39 is 45.8 Å². The van der Waals surface area contributed by atoms with E-state index in [-0.39, 0.29) is 41.0 Å². The highest BCUT2D eigenvalue weighted by Gasteiger charge is 2.45. The average molecular weight is 472 g/mol. The lowest BCUT2D eigenvalue weighted by Gasteiger charge is -2.22. The molecule has 2 rings (SSSR count). The van der Waals surface area contributed by atoms with Crippen molar-refractivity contribution in [2.45, 2.75) is 49.1 Å². The smallest absolute Gasteiger partial charge is 0.422 e. The van der Waals surface area contributed by atoms with Gasteiger partial charge in [0.25, 0.3) is 0 Å². The van der Waals surface area contributed by atoms with Gasteiger partial charge in [0.05, 0.1) is 15.2 Å². The second-order valence-electron chi connectivity index (χ2n) is 7.40. The number of ether oxygens (including phenoxy) is 1. The second-order valence-corrected chi connectivity index (χ2v) is 10.0. The van der Waals surface area contributed by atoms with E-state index in [2.05, 4.69) is 4.74 Å². The number of rotatable bonds is 7. The Morgan fingerprint density at radius 3 is 2.47 bits per heavy atom. The highest BCUT2D eigenvalue weighted by molar-refractivity contribution is 7.92. The zero-order chi connectivity index (χ0) is 22.9. The highest BCUT2D eigenvalue weighted by atomic mass is 35.5. The summed E-state index contributed by atoms with van der Waals surface area (Å²) in [5.74, 6) is -2.08. The van der Waals surface area contributed by atoms with Crippen molar-refractivity contribution in [3.8, 4) is 5.75 Å². The summed E-state index contributed by atoms with van der Waals surface area (Å²) < 4.78 is 67.3. The highest BCUT2D eigenvalue weighted by Crippen LogP contribution is 2.34. The lowest BCUT2D eigenvalue weighted by Crippen LogP contribution is -2.41. The molecule has 12 heteroatoms. The van der Waals surface area contributed by atoms with E-state index in [0.29, 0.717) is 0 Å². The molecule has 1 saturated heterocycles. The monoisotopic (exact) mass is 471 g/mol. The number of carboxylic acid groups (broad SMARTS) is 1. The second kappa shape index (κ2) is 9.01. The molecule has 1 N–H and O–H groups in total. The molecule has 1 aliphatic rings. The van der Waals surface area contributed by atoms with Gasteiger partial charge in [-0.2, -0.15) is 13.2 Å². The van der Waals surface area contributed by atoms with E-state index in [1.165, 1.54) is 0 Å². The summed E-state index contributed by atoms with van der Waals surface area (Å²) in [6, 6.07) is 1.71. The van der Waals surface area contributed by atoms with Gasteiger partial charge in [-0.1, -0.05) is 25.4 Å². The Morgan fingerprint density at radius 1 is 1.33 bits per heavy atom. The standard InChI is InChI=1S/C18H21ClF3NO6S/c1-10(2)5-16(24)23-8-12(7-14(23)17(25)26)30(27,28)15-4-3-11(6-13(15)19)29-9-18(20,21)22/h3-4,6,10,12,14H,5,7-9H2,1-2H3,(H,25,26)/t12-,14+/m1/s1. The minimum absolute atomic E-state index is 0.0405. The molecule has 30 heavy (non-hydrogen) atoms. The number of nitrogens with zero attached hydrogens (tertiary/aromatic N) is 1. The van der Waals surface area contributed by atoms with Crippen molar-refractivity contribution in [3.63, 3.8) is 0 Å². The van der Waals surface area contributed by atoms with Crippen molar-refractivity contribution in [2.75, 3.05) is 13.2 Å². The maximum Gasteiger partial charge on any atom is 0.422 e. The maximum absolute atomic E-state index is 13.0. The number of likely N-dealkylation sites (tertiary alicyclic amines) is 1. The number of hydrogen-bond acceptors (Lipinski definition) is 5. The van der Waals surface area contributed by atoms with Gasteiger partial charge in [-0.25, -0.2) is 13.2 Å². The molecule has 0 aliphatic carbocycles. The number of carbonyl (C=O) groups excluding carboxylic acids is 1. The van der Waals surface area contributed by atoms with Crippen LogP contribution < -0.4 is 4.74 Å². The number of hydrogen-bond donors (Lipinski definition) is 1. The lowest BCUT2D eigenvalue weighted by molar-refractivity contribution is -0.153. The molecule has 1 aromatic carbocycles. The first-order valence-electron chi connectivity index (χ1n) is 8.97. The number of aliphatic carboxylic acids is 1. The van der Waals surface area contributed by atoms with Crippen LogP contribution in [0.25, 0.3) is 0 Å². The van der Waals surface area contributed by atoms with Gasteiger partial charge in [0, 0.05) is 19.0 Å². The molecular weight excluding hydrogens is 451 g/mol.